The first-order valence-electron chi connectivity index (χ1n) is 9.12. The molecule has 1 aliphatic rings. The van der Waals surface area contributed by atoms with Gasteiger partial charge in [-0.15, -0.1) is 0 Å². The number of hydrogen-bond acceptors (Lipinski definition) is 3. The van der Waals surface area contributed by atoms with E-state index in [0.717, 1.165) is 42.1 Å². The lowest BCUT2D eigenvalue weighted by molar-refractivity contribution is -0.131. The van der Waals surface area contributed by atoms with E-state index < -0.39 is 0 Å². The number of nitrogens with zero attached hydrogens (tertiary/aromatic N) is 3. The van der Waals surface area contributed by atoms with Crippen LogP contribution < -0.4 is 0 Å². The largest absolute Gasteiger partial charge is 0.339 e. The molecule has 1 aromatic carbocycles. The van der Waals surface area contributed by atoms with Gasteiger partial charge in [-0.2, -0.15) is 0 Å². The third-order valence-electron chi connectivity index (χ3n) is 4.94. The molecule has 0 aliphatic heterocycles. The van der Waals surface area contributed by atoms with Crippen molar-refractivity contribution < 1.29 is 4.79 Å². The monoisotopic (exact) mass is 345 g/mol. The first-order chi connectivity index (χ1) is 11.7. The summed E-state index contributed by atoms with van der Waals surface area (Å²) >= 11 is 1.57. The summed E-state index contributed by atoms with van der Waals surface area (Å²) in [5.74, 6) is 0.734. The topological polar surface area (TPSA) is 38.1 Å². The highest BCUT2D eigenvalue weighted by Crippen LogP contribution is 2.26. The van der Waals surface area contributed by atoms with E-state index in [1.54, 1.807) is 11.8 Å². The van der Waals surface area contributed by atoms with Crippen molar-refractivity contribution in [1.29, 1.82) is 0 Å². The molecule has 4 nitrogen and oxygen atoms in total. The second kappa shape index (κ2) is 8.06. The molecule has 0 spiro atoms. The molecule has 24 heavy (non-hydrogen) atoms. The van der Waals surface area contributed by atoms with Gasteiger partial charge < -0.3 is 9.47 Å². The average molecular weight is 346 g/mol. The smallest absolute Gasteiger partial charge is 0.233 e. The number of amides is 1. The third-order valence-corrected chi connectivity index (χ3v) is 5.90. The van der Waals surface area contributed by atoms with Crippen LogP contribution in [0.2, 0.25) is 0 Å². The molecule has 0 atom stereocenters. The zero-order valence-electron chi connectivity index (χ0n) is 14.7. The number of aryl methyl sites for hydroxylation is 1. The lowest BCUT2D eigenvalue weighted by Gasteiger charge is -2.33. The van der Waals surface area contributed by atoms with Crippen LogP contribution in [-0.4, -0.2) is 38.7 Å². The maximum atomic E-state index is 12.7. The number of para-hydroxylation sites is 2. The van der Waals surface area contributed by atoms with Gasteiger partial charge in [0.25, 0.3) is 0 Å². The Morgan fingerprint density at radius 3 is 2.71 bits per heavy atom. The number of hydrogen-bond donors (Lipinski definition) is 0. The van der Waals surface area contributed by atoms with E-state index in [1.165, 1.54) is 19.3 Å². The van der Waals surface area contributed by atoms with Crippen LogP contribution in [0.4, 0.5) is 0 Å². The molecule has 0 radical (unpaired) electrons. The summed E-state index contributed by atoms with van der Waals surface area (Å²) in [4.78, 5) is 19.5. The molecule has 5 heteroatoms. The summed E-state index contributed by atoms with van der Waals surface area (Å²) in [5, 5.41) is 0.951. The van der Waals surface area contributed by atoms with Crippen LogP contribution in [0.15, 0.2) is 29.4 Å². The van der Waals surface area contributed by atoms with Crippen molar-refractivity contribution in [2.24, 2.45) is 0 Å². The van der Waals surface area contributed by atoms with Gasteiger partial charge in [-0.25, -0.2) is 4.98 Å². The summed E-state index contributed by atoms with van der Waals surface area (Å²) in [6.45, 7) is 5.91. The second-order valence-electron chi connectivity index (χ2n) is 6.39. The SMILES string of the molecule is CCN(C(=O)CSc1nc2ccccc2n1CC)C1CCCCC1. The van der Waals surface area contributed by atoms with E-state index in [2.05, 4.69) is 29.4 Å². The predicted octanol–water partition coefficient (Wildman–Crippen LogP) is 4.33. The highest BCUT2D eigenvalue weighted by atomic mass is 32.2. The zero-order chi connectivity index (χ0) is 16.9. The minimum atomic E-state index is 0.254. The number of carbonyl (C=O) groups excluding carboxylic acids is 1. The normalized spacial score (nSPS) is 15.8. The fourth-order valence-corrected chi connectivity index (χ4v) is 4.67. The highest BCUT2D eigenvalue weighted by Gasteiger charge is 2.24. The second-order valence-corrected chi connectivity index (χ2v) is 7.33. The lowest BCUT2D eigenvalue weighted by Crippen LogP contribution is -2.42. The number of fused-ring (bicyclic) bond motifs is 1. The highest BCUT2D eigenvalue weighted by molar-refractivity contribution is 7.99. The first-order valence-corrected chi connectivity index (χ1v) is 10.1. The van der Waals surface area contributed by atoms with Crippen molar-refractivity contribution >= 4 is 28.7 Å². The Bertz CT molecular complexity index is 691. The summed E-state index contributed by atoms with van der Waals surface area (Å²) in [7, 11) is 0. The van der Waals surface area contributed by atoms with Gasteiger partial charge in [-0.05, 0) is 38.8 Å². The molecule has 0 saturated heterocycles. The van der Waals surface area contributed by atoms with E-state index in [1.807, 2.05) is 18.2 Å². The van der Waals surface area contributed by atoms with Crippen molar-refractivity contribution in [3.8, 4) is 0 Å². The minimum absolute atomic E-state index is 0.254. The van der Waals surface area contributed by atoms with E-state index in [-0.39, 0.29) is 5.91 Å². The molecular weight excluding hydrogens is 318 g/mol. The first kappa shape index (κ1) is 17.3. The van der Waals surface area contributed by atoms with E-state index in [4.69, 9.17) is 4.98 Å². The number of thioether (sulfide) groups is 1. The van der Waals surface area contributed by atoms with Crippen molar-refractivity contribution in [1.82, 2.24) is 14.5 Å². The van der Waals surface area contributed by atoms with Gasteiger partial charge in [0.15, 0.2) is 5.16 Å². The Kier molecular flexibility index (Phi) is 5.82. The quantitative estimate of drug-likeness (QED) is 0.731. The Hall–Kier alpha value is -1.49. The van der Waals surface area contributed by atoms with Crippen molar-refractivity contribution in [2.75, 3.05) is 12.3 Å². The van der Waals surface area contributed by atoms with Crippen LogP contribution in [0, 0.1) is 0 Å². The van der Waals surface area contributed by atoms with Crippen molar-refractivity contribution in [3.63, 3.8) is 0 Å². The van der Waals surface area contributed by atoms with E-state index in [9.17, 15) is 4.79 Å². The summed E-state index contributed by atoms with van der Waals surface area (Å²) in [6, 6.07) is 8.63. The summed E-state index contributed by atoms with van der Waals surface area (Å²) < 4.78 is 2.20. The molecule has 1 aliphatic carbocycles. The Morgan fingerprint density at radius 2 is 2.00 bits per heavy atom. The maximum Gasteiger partial charge on any atom is 0.233 e. The molecular formula is C19H27N3OS. The molecule has 1 saturated carbocycles. The Morgan fingerprint density at radius 1 is 1.25 bits per heavy atom. The summed E-state index contributed by atoms with van der Waals surface area (Å²) in [5.41, 5.74) is 2.16. The van der Waals surface area contributed by atoms with Gasteiger partial charge in [-0.3, -0.25) is 4.79 Å². The van der Waals surface area contributed by atoms with E-state index >= 15 is 0 Å². The maximum absolute atomic E-state index is 12.7. The molecule has 1 fully saturated rings. The molecule has 0 unspecified atom stereocenters. The standard InChI is InChI=1S/C19H27N3OS/c1-3-21(15-10-6-5-7-11-15)18(23)14-24-19-20-16-12-8-9-13-17(16)22(19)4-2/h8-9,12-13,15H,3-7,10-11,14H2,1-2H3. The van der Waals surface area contributed by atoms with Crippen molar-refractivity contribution in [2.45, 2.75) is 63.7 Å². The molecule has 2 aromatic rings. The lowest BCUT2D eigenvalue weighted by atomic mass is 9.94. The van der Waals surface area contributed by atoms with Crippen LogP contribution >= 0.6 is 11.8 Å². The fourth-order valence-electron chi connectivity index (χ4n) is 3.71. The van der Waals surface area contributed by atoms with Crippen LogP contribution in [0.5, 0.6) is 0 Å². The number of imidazole rings is 1. The molecule has 1 heterocycles. The van der Waals surface area contributed by atoms with Gasteiger partial charge in [0.2, 0.25) is 5.91 Å². The Balaban J connectivity index is 1.69. The number of carbonyl (C=O) groups is 1. The van der Waals surface area contributed by atoms with Crippen LogP contribution in [0.25, 0.3) is 11.0 Å². The van der Waals surface area contributed by atoms with Gasteiger partial charge in [0.1, 0.15) is 0 Å². The number of rotatable bonds is 6. The van der Waals surface area contributed by atoms with E-state index in [0.29, 0.717) is 11.8 Å². The molecule has 130 valence electrons. The Labute approximate surface area is 148 Å². The molecule has 3 rings (SSSR count). The van der Waals surface area contributed by atoms with Gasteiger partial charge >= 0.3 is 0 Å². The average Bonchev–Trinajstić information content (AvgIpc) is 2.99. The van der Waals surface area contributed by atoms with Crippen LogP contribution in [0.1, 0.15) is 46.0 Å². The van der Waals surface area contributed by atoms with Gasteiger partial charge in [0, 0.05) is 19.1 Å². The number of benzene rings is 1. The number of aromatic nitrogens is 2. The molecule has 1 aromatic heterocycles. The molecule has 0 bridgehead atoms. The minimum Gasteiger partial charge on any atom is -0.339 e. The predicted molar refractivity (Wildman–Crippen MR) is 100 cm³/mol. The van der Waals surface area contributed by atoms with Crippen molar-refractivity contribution in [3.05, 3.63) is 24.3 Å². The third kappa shape index (κ3) is 3.61. The van der Waals surface area contributed by atoms with Gasteiger partial charge in [-0.1, -0.05) is 43.2 Å². The molecule has 0 N–H and O–H groups in total. The van der Waals surface area contributed by atoms with Crippen LogP contribution in [-0.2, 0) is 11.3 Å². The van der Waals surface area contributed by atoms with Crippen LogP contribution in [0.3, 0.4) is 0 Å². The molecule has 1 amide bonds. The van der Waals surface area contributed by atoms with Gasteiger partial charge in [0.05, 0.1) is 16.8 Å². The summed E-state index contributed by atoms with van der Waals surface area (Å²) in [6.07, 6.45) is 6.16. The fraction of sp³-hybridized carbons (Fsp3) is 0.579. The zero-order valence-corrected chi connectivity index (χ0v) is 15.5.